The van der Waals surface area contributed by atoms with E-state index in [1.165, 1.54) is 0 Å². The first-order valence-corrected chi connectivity index (χ1v) is 14.0. The van der Waals surface area contributed by atoms with Gasteiger partial charge in [-0.15, -0.1) is 5.10 Å². The lowest BCUT2D eigenvalue weighted by molar-refractivity contribution is 0.392. The molecule has 1 aliphatic rings. The van der Waals surface area contributed by atoms with E-state index in [1.807, 2.05) is 72.8 Å². The molecule has 4 heterocycles. The van der Waals surface area contributed by atoms with Crippen LogP contribution in [0.25, 0.3) is 39.1 Å². The van der Waals surface area contributed by atoms with E-state index in [-0.39, 0.29) is 0 Å². The van der Waals surface area contributed by atoms with Crippen LogP contribution in [-0.2, 0) is 0 Å². The Bertz CT molecular complexity index is 2260. The molecular weight excluding hydrogens is 556 g/mol. The lowest BCUT2D eigenvalue weighted by atomic mass is 9.83. The molecule has 0 saturated heterocycles. The van der Waals surface area contributed by atoms with E-state index in [2.05, 4.69) is 17.1 Å². The van der Waals surface area contributed by atoms with Gasteiger partial charge in [0.1, 0.15) is 23.4 Å². The van der Waals surface area contributed by atoms with Gasteiger partial charge in [-0.2, -0.15) is 0 Å². The SMILES string of the molecule is COc1ccc(OC)c(C2c3c(c4ccccc4oc3=O)Oc3ncn4nc(-c5ccc(-c6ccccc6)cc5)nc4c32)c1. The highest BCUT2D eigenvalue weighted by Gasteiger charge is 2.39. The molecule has 214 valence electrons. The highest BCUT2D eigenvalue weighted by atomic mass is 16.5. The van der Waals surface area contributed by atoms with Gasteiger partial charge in [0, 0.05) is 11.1 Å². The Hall–Kier alpha value is -5.96. The van der Waals surface area contributed by atoms with Gasteiger partial charge in [-0.05, 0) is 41.5 Å². The van der Waals surface area contributed by atoms with E-state index in [0.29, 0.717) is 62.3 Å². The molecule has 8 rings (SSSR count). The molecule has 7 aromatic rings. The molecule has 0 aliphatic carbocycles. The molecule has 9 nitrogen and oxygen atoms in total. The van der Waals surface area contributed by atoms with Crippen molar-refractivity contribution in [2.75, 3.05) is 14.2 Å². The van der Waals surface area contributed by atoms with Gasteiger partial charge in [-0.1, -0.05) is 66.7 Å². The van der Waals surface area contributed by atoms with E-state index in [9.17, 15) is 4.79 Å². The van der Waals surface area contributed by atoms with Crippen molar-refractivity contribution in [1.82, 2.24) is 19.6 Å². The molecule has 3 aromatic heterocycles. The van der Waals surface area contributed by atoms with Crippen molar-refractivity contribution in [1.29, 1.82) is 0 Å². The summed E-state index contributed by atoms with van der Waals surface area (Å²) in [5, 5.41) is 5.41. The summed E-state index contributed by atoms with van der Waals surface area (Å²) in [4.78, 5) is 23.4. The van der Waals surface area contributed by atoms with Crippen LogP contribution in [0.15, 0.2) is 113 Å². The van der Waals surface area contributed by atoms with Gasteiger partial charge in [0.15, 0.2) is 17.2 Å². The third kappa shape index (κ3) is 4.01. The number of fused-ring (bicyclic) bond motifs is 6. The molecule has 0 N–H and O–H groups in total. The molecule has 0 radical (unpaired) electrons. The molecular formula is C35H24N4O5. The first kappa shape index (κ1) is 25.7. The van der Waals surface area contributed by atoms with Gasteiger partial charge in [0.2, 0.25) is 5.88 Å². The zero-order valence-corrected chi connectivity index (χ0v) is 23.7. The molecule has 0 bridgehead atoms. The second kappa shape index (κ2) is 10.1. The summed E-state index contributed by atoms with van der Waals surface area (Å²) in [5.41, 5.74) is 4.97. The van der Waals surface area contributed by atoms with Gasteiger partial charge in [-0.25, -0.2) is 19.3 Å². The maximum absolute atomic E-state index is 13.8. The summed E-state index contributed by atoms with van der Waals surface area (Å²) in [6.45, 7) is 0. The molecule has 44 heavy (non-hydrogen) atoms. The minimum Gasteiger partial charge on any atom is -0.497 e. The molecule has 4 aromatic carbocycles. The molecule has 0 saturated carbocycles. The Balaban J connectivity index is 1.36. The van der Waals surface area contributed by atoms with Crippen LogP contribution < -0.4 is 19.8 Å². The Kier molecular flexibility index (Phi) is 5.90. The van der Waals surface area contributed by atoms with Crippen molar-refractivity contribution in [3.8, 4) is 45.6 Å². The number of aromatic nitrogens is 4. The van der Waals surface area contributed by atoms with E-state index in [0.717, 1.165) is 16.7 Å². The molecule has 0 fully saturated rings. The summed E-state index contributed by atoms with van der Waals surface area (Å²) < 4.78 is 25.2. The van der Waals surface area contributed by atoms with Gasteiger partial charge in [-0.3, -0.25) is 0 Å². The highest BCUT2D eigenvalue weighted by molar-refractivity contribution is 5.87. The predicted octanol–water partition coefficient (Wildman–Crippen LogP) is 6.87. The van der Waals surface area contributed by atoms with Crippen LogP contribution in [0.4, 0.5) is 0 Å². The molecule has 1 aliphatic heterocycles. The second-order valence-corrected chi connectivity index (χ2v) is 10.4. The number of para-hydroxylation sites is 1. The molecule has 1 unspecified atom stereocenters. The third-order valence-electron chi connectivity index (χ3n) is 7.96. The number of hydrogen-bond acceptors (Lipinski definition) is 8. The summed E-state index contributed by atoms with van der Waals surface area (Å²) in [6.07, 6.45) is 1.57. The van der Waals surface area contributed by atoms with Crippen LogP contribution in [-0.4, -0.2) is 33.8 Å². The predicted molar refractivity (Wildman–Crippen MR) is 165 cm³/mol. The van der Waals surface area contributed by atoms with E-state index >= 15 is 0 Å². The summed E-state index contributed by atoms with van der Waals surface area (Å²) >= 11 is 0. The maximum atomic E-state index is 13.8. The third-order valence-corrected chi connectivity index (χ3v) is 7.96. The summed E-state index contributed by atoms with van der Waals surface area (Å²) in [7, 11) is 3.18. The minimum absolute atomic E-state index is 0.314. The first-order valence-electron chi connectivity index (χ1n) is 14.0. The Morgan fingerprint density at radius 3 is 2.34 bits per heavy atom. The lowest BCUT2D eigenvalue weighted by Crippen LogP contribution is -2.22. The van der Waals surface area contributed by atoms with Crippen LogP contribution in [0.3, 0.4) is 0 Å². The summed E-state index contributed by atoms with van der Waals surface area (Å²) in [5.74, 6) is 1.64. The van der Waals surface area contributed by atoms with Gasteiger partial charge < -0.3 is 18.6 Å². The number of rotatable bonds is 5. The van der Waals surface area contributed by atoms with Gasteiger partial charge in [0.05, 0.1) is 36.7 Å². The van der Waals surface area contributed by atoms with Gasteiger partial charge >= 0.3 is 5.63 Å². The van der Waals surface area contributed by atoms with Gasteiger partial charge in [0.25, 0.3) is 0 Å². The van der Waals surface area contributed by atoms with E-state index < -0.39 is 11.5 Å². The number of ether oxygens (including phenoxy) is 3. The molecule has 1 atom stereocenters. The minimum atomic E-state index is -0.714. The van der Waals surface area contributed by atoms with E-state index in [1.54, 1.807) is 37.2 Å². The largest absolute Gasteiger partial charge is 0.497 e. The van der Waals surface area contributed by atoms with E-state index in [4.69, 9.17) is 28.7 Å². The van der Waals surface area contributed by atoms with Crippen LogP contribution >= 0.6 is 0 Å². The van der Waals surface area contributed by atoms with Crippen molar-refractivity contribution in [3.63, 3.8) is 0 Å². The van der Waals surface area contributed by atoms with Crippen LogP contribution in [0.2, 0.25) is 0 Å². The fourth-order valence-electron chi connectivity index (χ4n) is 5.87. The highest BCUT2D eigenvalue weighted by Crippen LogP contribution is 2.51. The van der Waals surface area contributed by atoms with Crippen molar-refractivity contribution in [2.45, 2.75) is 5.92 Å². The van der Waals surface area contributed by atoms with Crippen molar-refractivity contribution in [3.05, 3.63) is 130 Å². The average Bonchev–Trinajstić information content (AvgIpc) is 3.52. The number of hydrogen-bond donors (Lipinski definition) is 0. The quantitative estimate of drug-likeness (QED) is 0.203. The molecule has 9 heteroatoms. The fourth-order valence-corrected chi connectivity index (χ4v) is 5.87. The second-order valence-electron chi connectivity index (χ2n) is 10.4. The Labute approximate surface area is 250 Å². The first-order chi connectivity index (χ1) is 21.6. The standard InChI is InChI=1S/C35H24N4O5/c1-41-23-16-17-26(42-2)25(18-23)28-29-31(24-10-6-7-11-27(24)43-35(29)40)44-34-30(28)33-37-32(38-39(33)19-36-34)22-14-12-21(13-15-22)20-8-4-3-5-9-20/h3-19,28H,1-2H3. The topological polar surface area (TPSA) is 101 Å². The van der Waals surface area contributed by atoms with Crippen LogP contribution in [0, 0.1) is 0 Å². The molecule has 0 spiro atoms. The van der Waals surface area contributed by atoms with Crippen molar-refractivity contribution >= 4 is 16.6 Å². The number of methoxy groups -OCH3 is 2. The fraction of sp³-hybridized carbons (Fsp3) is 0.0857. The monoisotopic (exact) mass is 580 g/mol. The van der Waals surface area contributed by atoms with Crippen molar-refractivity contribution in [2.24, 2.45) is 0 Å². The maximum Gasteiger partial charge on any atom is 0.344 e. The van der Waals surface area contributed by atoms with Crippen molar-refractivity contribution < 1.29 is 18.6 Å². The number of benzene rings is 4. The molecule has 0 amide bonds. The summed E-state index contributed by atoms with van der Waals surface area (Å²) in [6, 6.07) is 31.0. The normalized spacial score (nSPS) is 13.7. The van der Waals surface area contributed by atoms with Crippen LogP contribution in [0.5, 0.6) is 23.1 Å². The Morgan fingerprint density at radius 1 is 0.795 bits per heavy atom. The zero-order chi connectivity index (χ0) is 29.8. The zero-order valence-electron chi connectivity index (χ0n) is 23.7. The number of nitrogens with zero attached hydrogens (tertiary/aromatic N) is 4. The smallest absolute Gasteiger partial charge is 0.344 e. The Morgan fingerprint density at radius 2 is 1.55 bits per heavy atom. The lowest BCUT2D eigenvalue weighted by Gasteiger charge is -2.28. The average molecular weight is 581 g/mol. The van der Waals surface area contributed by atoms with Crippen LogP contribution in [0.1, 0.15) is 22.6 Å².